The lowest BCUT2D eigenvalue weighted by Gasteiger charge is -2.38. The first-order valence-electron chi connectivity index (χ1n) is 10.8. The summed E-state index contributed by atoms with van der Waals surface area (Å²) in [4.78, 5) is 39.0. The van der Waals surface area contributed by atoms with Crippen LogP contribution < -0.4 is 10.6 Å². The summed E-state index contributed by atoms with van der Waals surface area (Å²) >= 11 is 0. The summed E-state index contributed by atoms with van der Waals surface area (Å²) < 4.78 is 0. The van der Waals surface area contributed by atoms with E-state index in [1.807, 2.05) is 59.7 Å². The average molecular weight is 446 g/mol. The topological polar surface area (TPSA) is 98.7 Å². The summed E-state index contributed by atoms with van der Waals surface area (Å²) in [6.07, 6.45) is 1.49. The van der Waals surface area contributed by atoms with E-state index in [9.17, 15) is 14.4 Å². The summed E-state index contributed by atoms with van der Waals surface area (Å²) in [6, 6.07) is 6.71. The molecule has 0 aliphatic carbocycles. The molecule has 0 spiro atoms. The van der Waals surface area contributed by atoms with Crippen LogP contribution in [-0.2, 0) is 19.8 Å². The number of carboxylic acid groups (broad SMARTS) is 1. The molecule has 2 atom stereocenters. The Labute approximate surface area is 192 Å². The van der Waals surface area contributed by atoms with Gasteiger partial charge in [-0.3, -0.25) is 9.59 Å². The SMILES string of the molecule is CNC(C(=O)NC(C(=O)N(C)C/C=C(\C)C(=O)O)C(C)(C)C)C(C)(C)c1cccc(C)c1. The Balaban J connectivity index is 3.14. The molecule has 7 heteroatoms. The minimum absolute atomic E-state index is 0.143. The van der Waals surface area contributed by atoms with Crippen molar-refractivity contribution in [2.24, 2.45) is 5.41 Å². The van der Waals surface area contributed by atoms with Gasteiger partial charge in [-0.1, -0.05) is 70.5 Å². The van der Waals surface area contributed by atoms with Crippen LogP contribution in [-0.4, -0.2) is 60.5 Å². The molecule has 0 heterocycles. The molecule has 0 aliphatic heterocycles. The third-order valence-electron chi connectivity index (χ3n) is 5.82. The number of amides is 2. The molecular weight excluding hydrogens is 406 g/mol. The van der Waals surface area contributed by atoms with E-state index in [2.05, 4.69) is 16.7 Å². The molecule has 7 nitrogen and oxygen atoms in total. The highest BCUT2D eigenvalue weighted by atomic mass is 16.4. The zero-order valence-corrected chi connectivity index (χ0v) is 20.9. The maximum atomic E-state index is 13.4. The Hall–Kier alpha value is -2.67. The van der Waals surface area contributed by atoms with Crippen molar-refractivity contribution in [1.29, 1.82) is 0 Å². The summed E-state index contributed by atoms with van der Waals surface area (Å²) in [6.45, 7) is 13.3. The van der Waals surface area contributed by atoms with Gasteiger partial charge in [-0.15, -0.1) is 0 Å². The van der Waals surface area contributed by atoms with Gasteiger partial charge in [0.2, 0.25) is 11.8 Å². The zero-order chi connectivity index (χ0) is 24.9. The van der Waals surface area contributed by atoms with Crippen LogP contribution in [0.3, 0.4) is 0 Å². The lowest BCUT2D eigenvalue weighted by atomic mass is 9.76. The summed E-state index contributed by atoms with van der Waals surface area (Å²) in [5.41, 5.74) is 1.23. The molecule has 2 amide bonds. The molecule has 3 N–H and O–H groups in total. The number of rotatable bonds is 9. The summed E-state index contributed by atoms with van der Waals surface area (Å²) in [5.74, 6) is -1.57. The smallest absolute Gasteiger partial charge is 0.331 e. The van der Waals surface area contributed by atoms with Crippen LogP contribution >= 0.6 is 0 Å². The fourth-order valence-corrected chi connectivity index (χ4v) is 3.58. The molecule has 0 saturated heterocycles. The van der Waals surface area contributed by atoms with Crippen LogP contribution in [0.5, 0.6) is 0 Å². The van der Waals surface area contributed by atoms with Crippen LogP contribution in [0.1, 0.15) is 52.7 Å². The van der Waals surface area contributed by atoms with Crippen LogP contribution in [0.25, 0.3) is 0 Å². The van der Waals surface area contributed by atoms with Crippen molar-refractivity contribution in [3.05, 3.63) is 47.0 Å². The first-order chi connectivity index (χ1) is 14.6. The zero-order valence-electron chi connectivity index (χ0n) is 20.9. The Kier molecular flexibility index (Phi) is 9.21. The number of carboxylic acids is 1. The van der Waals surface area contributed by atoms with E-state index in [-0.39, 0.29) is 23.9 Å². The Bertz CT molecular complexity index is 868. The van der Waals surface area contributed by atoms with Crippen LogP contribution in [0.2, 0.25) is 0 Å². The molecular formula is C25H39N3O4. The second kappa shape index (κ2) is 10.8. The second-order valence-electron chi connectivity index (χ2n) is 10.0. The lowest BCUT2D eigenvalue weighted by Crippen LogP contribution is -2.60. The molecule has 0 saturated carbocycles. The largest absolute Gasteiger partial charge is 0.478 e. The average Bonchev–Trinajstić information content (AvgIpc) is 2.68. The molecule has 0 bridgehead atoms. The summed E-state index contributed by atoms with van der Waals surface area (Å²) in [5, 5.41) is 15.1. The highest BCUT2D eigenvalue weighted by Crippen LogP contribution is 2.29. The molecule has 32 heavy (non-hydrogen) atoms. The van der Waals surface area contributed by atoms with E-state index < -0.39 is 28.9 Å². The van der Waals surface area contributed by atoms with Crippen molar-refractivity contribution < 1.29 is 19.5 Å². The third kappa shape index (κ3) is 6.92. The highest BCUT2D eigenvalue weighted by Gasteiger charge is 2.40. The Morgan fingerprint density at radius 2 is 1.72 bits per heavy atom. The number of benzene rings is 1. The quantitative estimate of drug-likeness (QED) is 0.508. The molecule has 1 aromatic rings. The van der Waals surface area contributed by atoms with Crippen molar-refractivity contribution >= 4 is 17.8 Å². The lowest BCUT2D eigenvalue weighted by molar-refractivity contribution is -0.139. The number of carbonyl (C=O) groups is 3. The van der Waals surface area contributed by atoms with E-state index in [1.54, 1.807) is 14.1 Å². The molecule has 1 aromatic carbocycles. The third-order valence-corrected chi connectivity index (χ3v) is 5.82. The minimum atomic E-state index is -1.03. The van der Waals surface area contributed by atoms with Gasteiger partial charge in [0.05, 0.1) is 6.04 Å². The number of nitrogens with zero attached hydrogens (tertiary/aromatic N) is 1. The van der Waals surface area contributed by atoms with Gasteiger partial charge in [0.1, 0.15) is 6.04 Å². The first-order valence-corrected chi connectivity index (χ1v) is 10.8. The van der Waals surface area contributed by atoms with Crippen LogP contribution in [0, 0.1) is 12.3 Å². The fourth-order valence-electron chi connectivity index (χ4n) is 3.58. The number of nitrogens with one attached hydrogen (secondary N) is 2. The van der Waals surface area contributed by atoms with Gasteiger partial charge in [-0.2, -0.15) is 0 Å². The van der Waals surface area contributed by atoms with E-state index in [0.717, 1.165) is 11.1 Å². The van der Waals surface area contributed by atoms with Gasteiger partial charge in [0.15, 0.2) is 0 Å². The van der Waals surface area contributed by atoms with Crippen molar-refractivity contribution in [3.8, 4) is 0 Å². The molecule has 0 radical (unpaired) electrons. The van der Waals surface area contributed by atoms with Gasteiger partial charge < -0.3 is 20.6 Å². The van der Waals surface area contributed by atoms with Crippen molar-refractivity contribution in [2.75, 3.05) is 20.6 Å². The van der Waals surface area contributed by atoms with E-state index in [1.165, 1.54) is 17.9 Å². The second-order valence-corrected chi connectivity index (χ2v) is 10.0. The highest BCUT2D eigenvalue weighted by molar-refractivity contribution is 5.91. The van der Waals surface area contributed by atoms with Gasteiger partial charge in [-0.05, 0) is 31.9 Å². The van der Waals surface area contributed by atoms with Gasteiger partial charge in [0, 0.05) is 24.6 Å². The van der Waals surface area contributed by atoms with Crippen LogP contribution in [0.4, 0.5) is 0 Å². The molecule has 0 aromatic heterocycles. The molecule has 1 rings (SSSR count). The normalized spacial score (nSPS) is 14.5. The van der Waals surface area contributed by atoms with Crippen molar-refractivity contribution in [2.45, 2.75) is 66.0 Å². The van der Waals surface area contributed by atoms with Gasteiger partial charge in [-0.25, -0.2) is 4.79 Å². The number of hydrogen-bond donors (Lipinski definition) is 3. The van der Waals surface area contributed by atoms with Crippen molar-refractivity contribution in [1.82, 2.24) is 15.5 Å². The van der Waals surface area contributed by atoms with Gasteiger partial charge >= 0.3 is 5.97 Å². The monoisotopic (exact) mass is 445 g/mol. The number of hydrogen-bond acceptors (Lipinski definition) is 4. The number of likely N-dealkylation sites (N-methyl/N-ethyl adjacent to an activating group) is 2. The van der Waals surface area contributed by atoms with Crippen LogP contribution in [0.15, 0.2) is 35.9 Å². The Morgan fingerprint density at radius 3 is 2.19 bits per heavy atom. The van der Waals surface area contributed by atoms with Crippen molar-refractivity contribution in [3.63, 3.8) is 0 Å². The van der Waals surface area contributed by atoms with E-state index >= 15 is 0 Å². The standard InChI is InChI=1S/C25H39N3O4/c1-16-11-10-12-18(15-16)25(6,7)19(26-8)21(29)27-20(24(3,4)5)22(30)28(9)14-13-17(2)23(31)32/h10-13,15,19-20,26H,14H2,1-9H3,(H,27,29)(H,31,32)/b17-13+. The first kappa shape index (κ1) is 27.4. The maximum absolute atomic E-state index is 13.4. The molecule has 178 valence electrons. The predicted molar refractivity (Wildman–Crippen MR) is 127 cm³/mol. The van der Waals surface area contributed by atoms with Gasteiger partial charge in [0.25, 0.3) is 0 Å². The van der Waals surface area contributed by atoms with E-state index in [4.69, 9.17) is 5.11 Å². The summed E-state index contributed by atoms with van der Waals surface area (Å²) in [7, 11) is 3.34. The fraction of sp³-hybridized carbons (Fsp3) is 0.560. The molecule has 0 fully saturated rings. The number of aryl methyl sites for hydroxylation is 1. The maximum Gasteiger partial charge on any atom is 0.331 e. The Morgan fingerprint density at radius 1 is 1.12 bits per heavy atom. The molecule has 0 aliphatic rings. The minimum Gasteiger partial charge on any atom is -0.478 e. The predicted octanol–water partition coefficient (Wildman–Crippen LogP) is 2.88. The van der Waals surface area contributed by atoms with E-state index in [0.29, 0.717) is 0 Å². The molecule has 2 unspecified atom stereocenters. The number of carbonyl (C=O) groups excluding carboxylic acids is 2. The number of aliphatic carboxylic acids is 1.